The summed E-state index contributed by atoms with van der Waals surface area (Å²) in [5, 5.41) is 0. The predicted octanol–water partition coefficient (Wildman–Crippen LogP) is 2.33. The van der Waals surface area contributed by atoms with Crippen LogP contribution >= 0.6 is 0 Å². The van der Waals surface area contributed by atoms with Gasteiger partial charge in [-0.15, -0.1) is 0 Å². The summed E-state index contributed by atoms with van der Waals surface area (Å²) in [5.74, 6) is 0.0764. The smallest absolute Gasteiger partial charge is 0.306 e. The summed E-state index contributed by atoms with van der Waals surface area (Å²) in [5.41, 5.74) is 0. The van der Waals surface area contributed by atoms with Crippen molar-refractivity contribution in [1.82, 2.24) is 0 Å². The van der Waals surface area contributed by atoms with Gasteiger partial charge in [-0.05, 0) is 34.1 Å². The van der Waals surface area contributed by atoms with E-state index >= 15 is 0 Å². The summed E-state index contributed by atoms with van der Waals surface area (Å²) < 4.78 is 4.85. The van der Waals surface area contributed by atoms with Crippen molar-refractivity contribution >= 4 is 11.8 Å². The molecule has 0 rings (SSSR count). The molecule has 0 fully saturated rings. The maximum atomic E-state index is 10.6. The predicted molar refractivity (Wildman–Crippen MR) is 52.5 cm³/mol. The molecule has 3 nitrogen and oxygen atoms in total. The zero-order valence-electron chi connectivity index (χ0n) is 9.22. The standard InChI is InChI=1S/C7H14O2.C3H6O/c1-4-5-7(8)9-6(2)3;1-3(2)4/h6H,4-5H2,1-3H3;1-2H3. The molecule has 0 unspecified atom stereocenters. The van der Waals surface area contributed by atoms with Gasteiger partial charge in [0.15, 0.2) is 0 Å². The second-order valence-electron chi connectivity index (χ2n) is 3.20. The fourth-order valence-electron chi connectivity index (χ4n) is 0.526. The van der Waals surface area contributed by atoms with E-state index in [1.807, 2.05) is 20.8 Å². The van der Waals surface area contributed by atoms with Crippen molar-refractivity contribution in [1.29, 1.82) is 0 Å². The summed E-state index contributed by atoms with van der Waals surface area (Å²) in [6.45, 7) is 8.72. The van der Waals surface area contributed by atoms with Crippen molar-refractivity contribution in [3.8, 4) is 0 Å². The summed E-state index contributed by atoms with van der Waals surface area (Å²) in [6.07, 6.45) is 1.44. The Balaban J connectivity index is 0. The van der Waals surface area contributed by atoms with Gasteiger partial charge in [0.25, 0.3) is 0 Å². The van der Waals surface area contributed by atoms with Crippen LogP contribution in [0.25, 0.3) is 0 Å². The van der Waals surface area contributed by atoms with Crippen molar-refractivity contribution < 1.29 is 14.3 Å². The highest BCUT2D eigenvalue weighted by atomic mass is 16.5. The van der Waals surface area contributed by atoms with Crippen molar-refractivity contribution in [3.63, 3.8) is 0 Å². The molecule has 0 aromatic rings. The first-order valence-corrected chi connectivity index (χ1v) is 4.56. The summed E-state index contributed by atoms with van der Waals surface area (Å²) in [7, 11) is 0. The van der Waals surface area contributed by atoms with E-state index in [0.29, 0.717) is 6.42 Å². The molecule has 78 valence electrons. The Bertz CT molecular complexity index is 146. The van der Waals surface area contributed by atoms with E-state index in [1.165, 1.54) is 13.8 Å². The van der Waals surface area contributed by atoms with Crippen molar-refractivity contribution in [2.45, 2.75) is 53.6 Å². The lowest BCUT2D eigenvalue weighted by Crippen LogP contribution is -2.10. The average Bonchev–Trinajstić information content (AvgIpc) is 1.83. The molecule has 0 aliphatic carbocycles. The molecule has 0 aromatic heterocycles. The maximum absolute atomic E-state index is 10.6. The molecule has 0 spiro atoms. The molecule has 0 amide bonds. The third kappa shape index (κ3) is 24.7. The van der Waals surface area contributed by atoms with E-state index in [-0.39, 0.29) is 17.9 Å². The summed E-state index contributed by atoms with van der Waals surface area (Å²) >= 11 is 0. The van der Waals surface area contributed by atoms with Crippen LogP contribution in [0.3, 0.4) is 0 Å². The lowest BCUT2D eigenvalue weighted by molar-refractivity contribution is -0.147. The number of carbonyl (C=O) groups excluding carboxylic acids is 2. The van der Waals surface area contributed by atoms with Gasteiger partial charge in [-0.3, -0.25) is 4.79 Å². The molecular weight excluding hydrogens is 168 g/mol. The molecule has 0 aromatic carbocycles. The van der Waals surface area contributed by atoms with Gasteiger partial charge in [0.2, 0.25) is 0 Å². The zero-order valence-corrected chi connectivity index (χ0v) is 9.22. The van der Waals surface area contributed by atoms with E-state index in [2.05, 4.69) is 0 Å². The third-order valence-corrected chi connectivity index (χ3v) is 0.821. The zero-order chi connectivity index (χ0) is 10.9. The number of rotatable bonds is 3. The first kappa shape index (κ1) is 14.7. The van der Waals surface area contributed by atoms with Crippen LogP contribution in [0, 0.1) is 0 Å². The average molecular weight is 188 g/mol. The van der Waals surface area contributed by atoms with Crippen LogP contribution in [-0.4, -0.2) is 17.9 Å². The van der Waals surface area contributed by atoms with Gasteiger partial charge < -0.3 is 9.53 Å². The number of ether oxygens (including phenoxy) is 1. The first-order chi connectivity index (χ1) is 5.90. The van der Waals surface area contributed by atoms with Gasteiger partial charge in [-0.25, -0.2) is 0 Å². The lowest BCUT2D eigenvalue weighted by atomic mass is 10.3. The van der Waals surface area contributed by atoms with Gasteiger partial charge in [-0.1, -0.05) is 6.92 Å². The quantitative estimate of drug-likeness (QED) is 0.638. The van der Waals surface area contributed by atoms with Crippen molar-refractivity contribution in [2.24, 2.45) is 0 Å². The van der Waals surface area contributed by atoms with Gasteiger partial charge in [0.1, 0.15) is 5.78 Å². The Hall–Kier alpha value is -0.860. The Labute approximate surface area is 80.5 Å². The van der Waals surface area contributed by atoms with Gasteiger partial charge in [0.05, 0.1) is 6.10 Å². The van der Waals surface area contributed by atoms with Crippen LogP contribution in [0.4, 0.5) is 0 Å². The van der Waals surface area contributed by atoms with E-state index in [0.717, 1.165) is 6.42 Å². The Morgan fingerprint density at radius 1 is 1.23 bits per heavy atom. The minimum absolute atomic E-state index is 0.0315. The van der Waals surface area contributed by atoms with Crippen LogP contribution in [-0.2, 0) is 14.3 Å². The highest BCUT2D eigenvalue weighted by Crippen LogP contribution is 1.94. The van der Waals surface area contributed by atoms with Gasteiger partial charge >= 0.3 is 5.97 Å². The number of carbonyl (C=O) groups is 2. The third-order valence-electron chi connectivity index (χ3n) is 0.821. The molecule has 13 heavy (non-hydrogen) atoms. The van der Waals surface area contributed by atoms with Gasteiger partial charge in [0, 0.05) is 6.42 Å². The highest BCUT2D eigenvalue weighted by molar-refractivity contribution is 5.72. The molecule has 0 aliphatic heterocycles. The van der Waals surface area contributed by atoms with Gasteiger partial charge in [-0.2, -0.15) is 0 Å². The number of ketones is 1. The molecule has 3 heteroatoms. The lowest BCUT2D eigenvalue weighted by Gasteiger charge is -2.05. The molecule has 0 atom stereocenters. The molecule has 0 aliphatic rings. The summed E-state index contributed by atoms with van der Waals surface area (Å²) in [6, 6.07) is 0. The molecule has 0 radical (unpaired) electrons. The van der Waals surface area contributed by atoms with E-state index in [1.54, 1.807) is 0 Å². The monoisotopic (exact) mass is 188 g/mol. The maximum Gasteiger partial charge on any atom is 0.306 e. The van der Waals surface area contributed by atoms with Crippen LogP contribution in [0.15, 0.2) is 0 Å². The van der Waals surface area contributed by atoms with Crippen molar-refractivity contribution in [3.05, 3.63) is 0 Å². The Morgan fingerprint density at radius 3 is 1.85 bits per heavy atom. The van der Waals surface area contributed by atoms with Crippen molar-refractivity contribution in [2.75, 3.05) is 0 Å². The first-order valence-electron chi connectivity index (χ1n) is 4.56. The second-order valence-corrected chi connectivity index (χ2v) is 3.20. The second kappa shape index (κ2) is 9.23. The molecule has 0 N–H and O–H groups in total. The number of Topliss-reactive ketones (excluding diaryl/α,β-unsaturated/α-hetero) is 1. The summed E-state index contributed by atoms with van der Waals surface area (Å²) in [4.78, 5) is 20.1. The molecular formula is C10H20O3. The Morgan fingerprint density at radius 2 is 1.62 bits per heavy atom. The number of hydrogen-bond acceptors (Lipinski definition) is 3. The van der Waals surface area contributed by atoms with E-state index in [9.17, 15) is 9.59 Å². The number of esters is 1. The topological polar surface area (TPSA) is 43.4 Å². The largest absolute Gasteiger partial charge is 0.463 e. The van der Waals surface area contributed by atoms with Crippen LogP contribution < -0.4 is 0 Å². The molecule has 0 saturated carbocycles. The molecule has 0 heterocycles. The van der Waals surface area contributed by atoms with Crippen LogP contribution in [0.5, 0.6) is 0 Å². The fraction of sp³-hybridized carbons (Fsp3) is 0.800. The van der Waals surface area contributed by atoms with E-state index in [4.69, 9.17) is 4.74 Å². The molecule has 0 bridgehead atoms. The minimum Gasteiger partial charge on any atom is -0.463 e. The van der Waals surface area contributed by atoms with Crippen LogP contribution in [0.2, 0.25) is 0 Å². The SMILES string of the molecule is CC(C)=O.CCCC(=O)OC(C)C. The minimum atomic E-state index is -0.0903. The Kier molecular flexibility index (Phi) is 10.4. The van der Waals surface area contributed by atoms with Crippen LogP contribution in [0.1, 0.15) is 47.5 Å². The fourth-order valence-corrected chi connectivity index (χ4v) is 0.526. The molecule has 0 saturated heterocycles. The normalized spacial score (nSPS) is 8.77. The highest BCUT2D eigenvalue weighted by Gasteiger charge is 2.01. The number of hydrogen-bond donors (Lipinski definition) is 0. The van der Waals surface area contributed by atoms with E-state index < -0.39 is 0 Å².